The zero-order chi connectivity index (χ0) is 7.40. The van der Waals surface area contributed by atoms with Crippen LogP contribution < -0.4 is 17.1 Å². The molecule has 0 fully saturated rings. The topological polar surface area (TPSA) is 9.23 Å². The fourth-order valence-corrected chi connectivity index (χ4v) is 0.674. The molecule has 0 saturated heterocycles. The largest absolute Gasteiger partial charge is 2.00 e. The third kappa shape index (κ3) is 3.87. The Balaban J connectivity index is 0. The number of methoxy groups -OCH3 is 1. The van der Waals surface area contributed by atoms with E-state index in [-0.39, 0.29) is 35.5 Å². The fourth-order valence-electron chi connectivity index (χ4n) is 0.674. The van der Waals surface area contributed by atoms with Gasteiger partial charge < -0.3 is 23.6 Å². The SMILES string of the molecule is [C-]#Cc1ccc(OC)cc1.[Cl-].[Mg+2]. The van der Waals surface area contributed by atoms with Crippen LogP contribution in [0.2, 0.25) is 0 Å². The molecule has 0 radical (unpaired) electrons. The minimum Gasteiger partial charge on any atom is -1.00 e. The molecule has 0 heterocycles. The summed E-state index contributed by atoms with van der Waals surface area (Å²) in [7, 11) is 1.61. The molecule has 1 aromatic carbocycles. The van der Waals surface area contributed by atoms with Gasteiger partial charge in [-0.05, 0) is 12.1 Å². The molecule has 0 aliphatic heterocycles. The number of benzene rings is 1. The number of rotatable bonds is 1. The quantitative estimate of drug-likeness (QED) is 0.290. The summed E-state index contributed by atoms with van der Waals surface area (Å²) in [5.74, 6) is 3.08. The minimum absolute atomic E-state index is 0. The monoisotopic (exact) mass is 190 g/mol. The summed E-state index contributed by atoms with van der Waals surface area (Å²) >= 11 is 0. The molecule has 0 N–H and O–H groups in total. The molecule has 0 aliphatic carbocycles. The zero-order valence-corrected chi connectivity index (χ0v) is 8.97. The van der Waals surface area contributed by atoms with Crippen LogP contribution in [-0.4, -0.2) is 30.2 Å². The van der Waals surface area contributed by atoms with E-state index in [9.17, 15) is 0 Å². The summed E-state index contributed by atoms with van der Waals surface area (Å²) in [6.45, 7) is 0. The van der Waals surface area contributed by atoms with E-state index < -0.39 is 0 Å². The maximum Gasteiger partial charge on any atom is 2.00 e. The normalized spacial score (nSPS) is 7.00. The van der Waals surface area contributed by atoms with Crippen molar-refractivity contribution in [1.82, 2.24) is 0 Å². The molecule has 0 atom stereocenters. The van der Waals surface area contributed by atoms with Crippen molar-refractivity contribution in [3.63, 3.8) is 0 Å². The van der Waals surface area contributed by atoms with E-state index in [0.717, 1.165) is 11.3 Å². The Morgan fingerprint density at radius 2 is 1.75 bits per heavy atom. The second kappa shape index (κ2) is 7.29. The van der Waals surface area contributed by atoms with Crippen molar-refractivity contribution in [3.05, 3.63) is 36.3 Å². The first kappa shape index (κ1) is 14.2. The van der Waals surface area contributed by atoms with Gasteiger partial charge in [0.2, 0.25) is 0 Å². The molecule has 0 amide bonds. The van der Waals surface area contributed by atoms with Gasteiger partial charge in [0.05, 0.1) is 7.11 Å². The summed E-state index contributed by atoms with van der Waals surface area (Å²) in [6, 6.07) is 7.17. The van der Waals surface area contributed by atoms with Gasteiger partial charge >= 0.3 is 23.1 Å². The van der Waals surface area contributed by atoms with Crippen LogP contribution in [0, 0.1) is 12.3 Å². The van der Waals surface area contributed by atoms with Crippen LogP contribution in [-0.2, 0) is 0 Å². The summed E-state index contributed by atoms with van der Waals surface area (Å²) in [5, 5.41) is 0. The first-order valence-corrected chi connectivity index (χ1v) is 2.93. The van der Waals surface area contributed by atoms with Crippen molar-refractivity contribution in [3.8, 4) is 11.7 Å². The number of hydrogen-bond donors (Lipinski definition) is 0. The van der Waals surface area contributed by atoms with Crippen molar-refractivity contribution < 1.29 is 17.1 Å². The van der Waals surface area contributed by atoms with Gasteiger partial charge in [-0.2, -0.15) is 0 Å². The van der Waals surface area contributed by atoms with E-state index in [1.807, 2.05) is 0 Å². The van der Waals surface area contributed by atoms with E-state index >= 15 is 0 Å². The van der Waals surface area contributed by atoms with Crippen LogP contribution in [0.1, 0.15) is 5.56 Å². The van der Waals surface area contributed by atoms with Gasteiger partial charge in [-0.1, -0.05) is 0 Å². The van der Waals surface area contributed by atoms with Gasteiger partial charge in [-0.15, -0.1) is 17.7 Å². The smallest absolute Gasteiger partial charge is 1.00 e. The van der Waals surface area contributed by atoms with Crippen molar-refractivity contribution >= 4 is 23.1 Å². The van der Waals surface area contributed by atoms with Gasteiger partial charge in [0.25, 0.3) is 0 Å². The Labute approximate surface area is 95.1 Å². The van der Waals surface area contributed by atoms with Crippen LogP contribution in [0.25, 0.3) is 0 Å². The summed E-state index contributed by atoms with van der Waals surface area (Å²) < 4.78 is 4.92. The molecule has 0 unspecified atom stereocenters. The Bertz CT molecular complexity index is 250. The summed E-state index contributed by atoms with van der Waals surface area (Å²) in [4.78, 5) is 0. The Morgan fingerprint density at radius 3 is 2.08 bits per heavy atom. The van der Waals surface area contributed by atoms with Crippen molar-refractivity contribution in [2.45, 2.75) is 0 Å². The van der Waals surface area contributed by atoms with Gasteiger partial charge in [0, 0.05) is 0 Å². The molecule has 0 aromatic heterocycles. The minimum atomic E-state index is 0. The predicted molar refractivity (Wildman–Crippen MR) is 45.0 cm³/mol. The second-order valence-corrected chi connectivity index (χ2v) is 1.85. The molecule has 0 saturated carbocycles. The van der Waals surface area contributed by atoms with Crippen molar-refractivity contribution in [2.24, 2.45) is 0 Å². The number of hydrogen-bond acceptors (Lipinski definition) is 1. The van der Waals surface area contributed by atoms with Gasteiger partial charge in [0.1, 0.15) is 5.75 Å². The van der Waals surface area contributed by atoms with Crippen molar-refractivity contribution in [1.29, 1.82) is 0 Å². The Kier molecular flexibility index (Phi) is 8.62. The molecule has 1 rings (SSSR count). The molecule has 0 aliphatic rings. The van der Waals surface area contributed by atoms with Gasteiger partial charge in [-0.3, -0.25) is 5.92 Å². The number of ether oxygens (including phenoxy) is 1. The molecule has 0 spiro atoms. The van der Waals surface area contributed by atoms with E-state index in [2.05, 4.69) is 5.92 Å². The molecule has 0 bridgehead atoms. The first-order valence-electron chi connectivity index (χ1n) is 2.93. The maximum atomic E-state index is 6.78. The average Bonchev–Trinajstić information content (AvgIpc) is 2.05. The van der Waals surface area contributed by atoms with Crippen LogP contribution >= 0.6 is 0 Å². The third-order valence-electron chi connectivity index (χ3n) is 1.23. The van der Waals surface area contributed by atoms with E-state index in [1.165, 1.54) is 0 Å². The van der Waals surface area contributed by atoms with E-state index in [0.29, 0.717) is 0 Å². The molecule has 1 nitrogen and oxygen atoms in total. The van der Waals surface area contributed by atoms with Crippen LogP contribution in [0.15, 0.2) is 24.3 Å². The van der Waals surface area contributed by atoms with Crippen LogP contribution in [0.4, 0.5) is 0 Å². The zero-order valence-electron chi connectivity index (χ0n) is 6.80. The maximum absolute atomic E-state index is 6.78. The average molecular weight is 191 g/mol. The molecule has 1 aromatic rings. The van der Waals surface area contributed by atoms with Crippen LogP contribution in [0.3, 0.4) is 0 Å². The second-order valence-electron chi connectivity index (χ2n) is 1.85. The molecule has 3 heteroatoms. The fraction of sp³-hybridized carbons (Fsp3) is 0.111. The molecular weight excluding hydrogens is 184 g/mol. The van der Waals surface area contributed by atoms with Crippen molar-refractivity contribution in [2.75, 3.05) is 7.11 Å². The van der Waals surface area contributed by atoms with Gasteiger partial charge in [0.15, 0.2) is 0 Å². The molecular formula is C9H7ClMgO. The first-order chi connectivity index (χ1) is 4.86. The summed E-state index contributed by atoms with van der Waals surface area (Å²) in [5.41, 5.74) is 0.765. The Morgan fingerprint density at radius 1 is 1.25 bits per heavy atom. The Hall–Kier alpha value is -0.364. The van der Waals surface area contributed by atoms with E-state index in [1.54, 1.807) is 31.4 Å². The molecule has 58 valence electrons. The van der Waals surface area contributed by atoms with Crippen LogP contribution in [0.5, 0.6) is 5.75 Å². The van der Waals surface area contributed by atoms with Gasteiger partial charge in [-0.25, -0.2) is 0 Å². The number of halogens is 1. The molecule has 12 heavy (non-hydrogen) atoms. The predicted octanol–water partition coefficient (Wildman–Crippen LogP) is -1.74. The summed E-state index contributed by atoms with van der Waals surface area (Å²) in [6.07, 6.45) is 6.78. The van der Waals surface area contributed by atoms with E-state index in [4.69, 9.17) is 11.2 Å². The third-order valence-corrected chi connectivity index (χ3v) is 1.23. The standard InChI is InChI=1S/C9H7O.ClH.Mg/c1-3-8-4-6-9(10-2)7-5-8;;/h4-7H,2H3;1H;/q-1;;+2/p-1.